The summed E-state index contributed by atoms with van der Waals surface area (Å²) in [6, 6.07) is 12.2. The van der Waals surface area contributed by atoms with Crippen molar-refractivity contribution in [3.63, 3.8) is 0 Å². The monoisotopic (exact) mass is 399 g/mol. The molecule has 0 radical (unpaired) electrons. The van der Waals surface area contributed by atoms with E-state index in [0.29, 0.717) is 6.54 Å². The molecule has 3 N–H and O–H groups in total. The van der Waals surface area contributed by atoms with Gasteiger partial charge in [-0.25, -0.2) is 0 Å². The number of amides is 1. The molecule has 0 unspecified atom stereocenters. The number of piperazine rings is 1. The summed E-state index contributed by atoms with van der Waals surface area (Å²) in [5, 5.41) is 3.04. The van der Waals surface area contributed by atoms with E-state index >= 15 is 0 Å². The number of hydrogen-bond donors (Lipinski definition) is 3. The van der Waals surface area contributed by atoms with Crippen molar-refractivity contribution < 1.29 is 24.1 Å². The van der Waals surface area contributed by atoms with Crippen molar-refractivity contribution in [2.75, 3.05) is 52.3 Å². The highest BCUT2D eigenvalue weighted by Gasteiger charge is 2.25. The number of carbonyl (C=O) groups is 1. The second-order valence-electron chi connectivity index (χ2n) is 7.89. The van der Waals surface area contributed by atoms with E-state index in [1.807, 2.05) is 24.3 Å². The number of nitrogens with one attached hydrogen (secondary N) is 3. The number of anilines is 1. The van der Waals surface area contributed by atoms with E-state index in [1.54, 1.807) is 14.2 Å². The van der Waals surface area contributed by atoms with Crippen molar-refractivity contribution in [2.24, 2.45) is 0 Å². The van der Waals surface area contributed by atoms with E-state index in [0.717, 1.165) is 49.9 Å². The lowest BCUT2D eigenvalue weighted by Crippen LogP contribution is -3.28. The van der Waals surface area contributed by atoms with Gasteiger partial charge in [0.05, 0.1) is 14.2 Å². The van der Waals surface area contributed by atoms with Gasteiger partial charge in [0.1, 0.15) is 32.7 Å². The van der Waals surface area contributed by atoms with Crippen LogP contribution in [0.3, 0.4) is 0 Å². The van der Waals surface area contributed by atoms with E-state index in [1.165, 1.54) is 26.5 Å². The standard InChI is InChI=1S/C23H31N3O3/c1-17-5-7-20(13-18(17)2)24-23(27)16-26-11-9-25(10-12-26)15-19-6-8-21(28-3)22(14-19)29-4/h5-8,13-14H,9-12,15-16H2,1-4H3,(H,24,27)/p+2. The normalized spacial score (nSPS) is 18.9. The predicted octanol–water partition coefficient (Wildman–Crippen LogP) is 0.243. The second kappa shape index (κ2) is 9.76. The molecule has 1 heterocycles. The van der Waals surface area contributed by atoms with Crippen LogP contribution in [-0.4, -0.2) is 52.9 Å². The third-order valence-corrected chi connectivity index (χ3v) is 5.77. The summed E-state index contributed by atoms with van der Waals surface area (Å²) in [5.41, 5.74) is 4.56. The van der Waals surface area contributed by atoms with Gasteiger partial charge in [-0.05, 0) is 55.3 Å². The first-order chi connectivity index (χ1) is 14.0. The van der Waals surface area contributed by atoms with Gasteiger partial charge in [-0.1, -0.05) is 6.07 Å². The van der Waals surface area contributed by atoms with Crippen molar-refractivity contribution in [1.29, 1.82) is 0 Å². The SMILES string of the molecule is COc1ccc(C[NH+]2CC[NH+](CC(=O)Nc3ccc(C)c(C)c3)CC2)cc1OC. The van der Waals surface area contributed by atoms with Crippen LogP contribution in [0.1, 0.15) is 16.7 Å². The third kappa shape index (κ3) is 5.71. The van der Waals surface area contributed by atoms with Crippen molar-refractivity contribution in [1.82, 2.24) is 0 Å². The number of methoxy groups -OCH3 is 2. The first kappa shape index (κ1) is 21.1. The number of rotatable bonds is 7. The number of benzene rings is 2. The Bertz CT molecular complexity index is 845. The largest absolute Gasteiger partial charge is 0.493 e. The summed E-state index contributed by atoms with van der Waals surface area (Å²) in [5.74, 6) is 1.62. The van der Waals surface area contributed by atoms with Gasteiger partial charge in [-0.2, -0.15) is 0 Å². The van der Waals surface area contributed by atoms with Gasteiger partial charge in [0.2, 0.25) is 0 Å². The van der Waals surface area contributed by atoms with Gasteiger partial charge in [-0.3, -0.25) is 4.79 Å². The Labute approximate surface area is 173 Å². The molecule has 2 aromatic rings. The van der Waals surface area contributed by atoms with E-state index in [4.69, 9.17) is 9.47 Å². The molecule has 1 fully saturated rings. The summed E-state index contributed by atoms with van der Waals surface area (Å²) in [6.45, 7) is 9.75. The van der Waals surface area contributed by atoms with Crippen molar-refractivity contribution >= 4 is 11.6 Å². The molecule has 0 bridgehead atoms. The van der Waals surface area contributed by atoms with Gasteiger partial charge < -0.3 is 24.6 Å². The Morgan fingerprint density at radius 2 is 1.59 bits per heavy atom. The molecule has 0 aliphatic carbocycles. The van der Waals surface area contributed by atoms with Gasteiger partial charge >= 0.3 is 0 Å². The van der Waals surface area contributed by atoms with E-state index in [-0.39, 0.29) is 5.91 Å². The Hall–Kier alpha value is -2.57. The molecule has 156 valence electrons. The quantitative estimate of drug-likeness (QED) is 0.625. The molecule has 0 saturated carbocycles. The molecule has 0 aromatic heterocycles. The number of carbonyl (C=O) groups excluding carboxylic acids is 1. The van der Waals surface area contributed by atoms with Gasteiger partial charge in [0.15, 0.2) is 18.0 Å². The average molecular weight is 400 g/mol. The first-order valence-electron chi connectivity index (χ1n) is 10.2. The lowest BCUT2D eigenvalue weighted by molar-refractivity contribution is -1.02. The molecular formula is C23H33N3O3+2. The zero-order valence-corrected chi connectivity index (χ0v) is 17.9. The van der Waals surface area contributed by atoms with Crippen molar-refractivity contribution in [3.05, 3.63) is 53.1 Å². The Morgan fingerprint density at radius 1 is 0.897 bits per heavy atom. The fourth-order valence-corrected chi connectivity index (χ4v) is 3.84. The maximum absolute atomic E-state index is 12.4. The summed E-state index contributed by atoms with van der Waals surface area (Å²) >= 11 is 0. The Morgan fingerprint density at radius 3 is 2.24 bits per heavy atom. The van der Waals surface area contributed by atoms with Crippen LogP contribution in [0.25, 0.3) is 0 Å². The number of quaternary nitrogens is 2. The maximum Gasteiger partial charge on any atom is 0.279 e. The number of aryl methyl sites for hydroxylation is 2. The lowest BCUT2D eigenvalue weighted by Gasteiger charge is -2.29. The maximum atomic E-state index is 12.4. The van der Waals surface area contributed by atoms with Gasteiger partial charge in [0, 0.05) is 11.3 Å². The summed E-state index contributed by atoms with van der Waals surface area (Å²) in [4.78, 5) is 15.3. The molecule has 0 spiro atoms. The molecule has 1 aliphatic rings. The molecular weight excluding hydrogens is 366 g/mol. The van der Waals surface area contributed by atoms with Crippen LogP contribution in [0.4, 0.5) is 5.69 Å². The fraction of sp³-hybridized carbons (Fsp3) is 0.435. The van der Waals surface area contributed by atoms with E-state index < -0.39 is 0 Å². The molecule has 6 nitrogen and oxygen atoms in total. The molecule has 0 atom stereocenters. The molecule has 1 aliphatic heterocycles. The first-order valence-corrected chi connectivity index (χ1v) is 10.2. The van der Waals surface area contributed by atoms with E-state index in [9.17, 15) is 4.79 Å². The van der Waals surface area contributed by atoms with Crippen LogP contribution in [0, 0.1) is 13.8 Å². The van der Waals surface area contributed by atoms with Crippen molar-refractivity contribution in [3.8, 4) is 11.5 Å². The van der Waals surface area contributed by atoms with Crippen molar-refractivity contribution in [2.45, 2.75) is 20.4 Å². The second-order valence-corrected chi connectivity index (χ2v) is 7.89. The highest BCUT2D eigenvalue weighted by molar-refractivity contribution is 5.91. The number of hydrogen-bond acceptors (Lipinski definition) is 3. The zero-order chi connectivity index (χ0) is 20.8. The highest BCUT2D eigenvalue weighted by Crippen LogP contribution is 2.27. The van der Waals surface area contributed by atoms with Gasteiger partial charge in [-0.15, -0.1) is 0 Å². The van der Waals surface area contributed by atoms with Crippen LogP contribution in [0.15, 0.2) is 36.4 Å². The molecule has 3 rings (SSSR count). The van der Waals surface area contributed by atoms with Crippen LogP contribution in [0.5, 0.6) is 11.5 Å². The highest BCUT2D eigenvalue weighted by atomic mass is 16.5. The summed E-state index contributed by atoms with van der Waals surface area (Å²) < 4.78 is 10.7. The minimum atomic E-state index is 0.0894. The fourth-order valence-electron chi connectivity index (χ4n) is 3.84. The van der Waals surface area contributed by atoms with Gasteiger partial charge in [0.25, 0.3) is 5.91 Å². The molecule has 6 heteroatoms. The average Bonchev–Trinajstić information content (AvgIpc) is 2.72. The summed E-state index contributed by atoms with van der Waals surface area (Å²) in [6.07, 6.45) is 0. The van der Waals surface area contributed by atoms with Crippen LogP contribution >= 0.6 is 0 Å². The summed E-state index contributed by atoms with van der Waals surface area (Å²) in [7, 11) is 3.32. The molecule has 1 amide bonds. The Balaban J connectivity index is 1.46. The predicted molar refractivity (Wildman–Crippen MR) is 114 cm³/mol. The molecule has 2 aromatic carbocycles. The Kier molecular flexibility index (Phi) is 7.12. The minimum Gasteiger partial charge on any atom is -0.493 e. The van der Waals surface area contributed by atoms with Crippen LogP contribution in [0.2, 0.25) is 0 Å². The number of ether oxygens (including phenoxy) is 2. The third-order valence-electron chi connectivity index (χ3n) is 5.77. The molecule has 1 saturated heterocycles. The minimum absolute atomic E-state index is 0.0894. The zero-order valence-electron chi connectivity index (χ0n) is 17.9. The lowest BCUT2D eigenvalue weighted by atomic mass is 10.1. The van der Waals surface area contributed by atoms with Crippen LogP contribution in [-0.2, 0) is 11.3 Å². The van der Waals surface area contributed by atoms with E-state index in [2.05, 4.69) is 31.3 Å². The van der Waals surface area contributed by atoms with Crippen LogP contribution < -0.4 is 24.6 Å². The topological polar surface area (TPSA) is 56.4 Å². The smallest absolute Gasteiger partial charge is 0.279 e. The molecule has 29 heavy (non-hydrogen) atoms.